The molecule has 1 saturated heterocycles. The lowest BCUT2D eigenvalue weighted by Crippen LogP contribution is -2.43. The number of thiophene rings is 1. The van der Waals surface area contributed by atoms with Crippen LogP contribution in [0.25, 0.3) is 10.1 Å². The first-order valence-corrected chi connectivity index (χ1v) is 14.6. The minimum Gasteiger partial charge on any atom is -0.493 e. The summed E-state index contributed by atoms with van der Waals surface area (Å²) in [5.41, 5.74) is 2.55. The fourth-order valence-electron chi connectivity index (χ4n) is 4.76. The van der Waals surface area contributed by atoms with E-state index in [4.69, 9.17) is 4.74 Å². The smallest absolute Gasteiger partial charge is 0.122 e. The molecule has 2 aliphatic rings. The molecule has 1 aromatic carbocycles. The highest BCUT2D eigenvalue weighted by molar-refractivity contribution is 7.19. The number of hydrogen-bond acceptors (Lipinski definition) is 5. The van der Waals surface area contributed by atoms with E-state index in [0.717, 1.165) is 31.6 Å². The number of nitrogens with zero attached hydrogens (tertiary/aromatic N) is 2. The number of allylic oxidation sites excluding steroid dienone is 5. The van der Waals surface area contributed by atoms with Crippen molar-refractivity contribution in [1.29, 1.82) is 0 Å². The topological polar surface area (TPSA) is 37.4 Å². The predicted octanol–water partition coefficient (Wildman–Crippen LogP) is 7.12. The molecule has 196 valence electrons. The van der Waals surface area contributed by atoms with Gasteiger partial charge in [-0.25, -0.2) is 0 Å². The van der Waals surface area contributed by atoms with Crippen LogP contribution in [0.15, 0.2) is 90.5 Å². The van der Waals surface area contributed by atoms with E-state index in [0.29, 0.717) is 5.92 Å². The first kappa shape index (κ1) is 27.3. The summed E-state index contributed by atoms with van der Waals surface area (Å²) >= 11 is 1.88. The molecule has 37 heavy (non-hydrogen) atoms. The van der Waals surface area contributed by atoms with Gasteiger partial charge >= 0.3 is 0 Å². The molecule has 5 heteroatoms. The van der Waals surface area contributed by atoms with Gasteiger partial charge in [0.15, 0.2) is 0 Å². The Labute approximate surface area is 226 Å². The van der Waals surface area contributed by atoms with Gasteiger partial charge in [0.25, 0.3) is 0 Å². The van der Waals surface area contributed by atoms with E-state index in [1.807, 2.05) is 29.8 Å². The fourth-order valence-corrected chi connectivity index (χ4v) is 5.87. The molecule has 4 nitrogen and oxygen atoms in total. The van der Waals surface area contributed by atoms with Crippen LogP contribution in [0.4, 0.5) is 0 Å². The Morgan fingerprint density at radius 1 is 1.11 bits per heavy atom. The zero-order valence-corrected chi connectivity index (χ0v) is 23.2. The van der Waals surface area contributed by atoms with E-state index < -0.39 is 0 Å². The molecule has 1 aliphatic heterocycles. The van der Waals surface area contributed by atoms with Crippen molar-refractivity contribution < 1.29 is 4.74 Å². The largest absolute Gasteiger partial charge is 0.493 e. The Hall–Kier alpha value is -2.73. The van der Waals surface area contributed by atoms with E-state index >= 15 is 0 Å². The average molecular weight is 516 g/mol. The molecule has 1 fully saturated rings. The Balaban J connectivity index is 0.000000301. The van der Waals surface area contributed by atoms with E-state index in [1.54, 1.807) is 0 Å². The summed E-state index contributed by atoms with van der Waals surface area (Å²) in [6.45, 7) is 11.3. The second-order valence-corrected chi connectivity index (χ2v) is 10.7. The van der Waals surface area contributed by atoms with Gasteiger partial charge in [-0.15, -0.1) is 11.3 Å². The van der Waals surface area contributed by atoms with Gasteiger partial charge < -0.3 is 15.0 Å². The maximum atomic E-state index is 6.16. The van der Waals surface area contributed by atoms with Crippen LogP contribution < -0.4 is 5.32 Å². The molecule has 5 rings (SSSR count). The van der Waals surface area contributed by atoms with Gasteiger partial charge in [-0.05, 0) is 73.0 Å². The minimum absolute atomic E-state index is 0.306. The normalized spacial score (nSPS) is 17.9. The minimum atomic E-state index is 0.306. The van der Waals surface area contributed by atoms with Crippen LogP contribution in [0.3, 0.4) is 0 Å². The summed E-state index contributed by atoms with van der Waals surface area (Å²) in [4.78, 5) is 8.07. The van der Waals surface area contributed by atoms with Gasteiger partial charge in [0, 0.05) is 54.1 Å². The van der Waals surface area contributed by atoms with Gasteiger partial charge in [-0.2, -0.15) is 0 Å². The van der Waals surface area contributed by atoms with E-state index in [-0.39, 0.29) is 0 Å². The maximum Gasteiger partial charge on any atom is 0.122 e. The first-order chi connectivity index (χ1) is 18.3. The highest BCUT2D eigenvalue weighted by Crippen LogP contribution is 2.35. The van der Waals surface area contributed by atoms with Crippen molar-refractivity contribution in [2.45, 2.75) is 45.4 Å². The van der Waals surface area contributed by atoms with Gasteiger partial charge in [-0.3, -0.25) is 4.98 Å². The highest BCUT2D eigenvalue weighted by atomic mass is 32.1. The number of benzene rings is 1. The van der Waals surface area contributed by atoms with Crippen molar-refractivity contribution in [2.24, 2.45) is 0 Å². The van der Waals surface area contributed by atoms with Crippen molar-refractivity contribution in [3.8, 4) is 0 Å². The summed E-state index contributed by atoms with van der Waals surface area (Å²) in [6.07, 6.45) is 16.9. The first-order valence-electron chi connectivity index (χ1n) is 13.8. The number of ether oxygens (including phenoxy) is 1. The molecule has 2 aromatic heterocycles. The molecule has 1 unspecified atom stereocenters. The number of aryl methyl sites for hydroxylation is 1. The number of nitrogens with one attached hydrogen (secondary N) is 1. The van der Waals surface area contributed by atoms with Crippen LogP contribution in [0.1, 0.15) is 49.5 Å². The lowest BCUT2D eigenvalue weighted by atomic mass is 10.0. The van der Waals surface area contributed by atoms with Gasteiger partial charge in [-0.1, -0.05) is 56.3 Å². The monoisotopic (exact) mass is 515 g/mol. The van der Waals surface area contributed by atoms with Crippen molar-refractivity contribution in [1.82, 2.24) is 15.2 Å². The van der Waals surface area contributed by atoms with Gasteiger partial charge in [0.2, 0.25) is 0 Å². The van der Waals surface area contributed by atoms with Crippen molar-refractivity contribution in [3.63, 3.8) is 0 Å². The Bertz CT molecular complexity index is 1140. The molecule has 0 saturated carbocycles. The fraction of sp³-hybridized carbons (Fsp3) is 0.406. The number of aromatic nitrogens is 1. The molecule has 0 spiro atoms. The molecule has 3 aromatic rings. The third kappa shape index (κ3) is 8.39. The second kappa shape index (κ2) is 14.9. The van der Waals surface area contributed by atoms with Crippen LogP contribution in [-0.2, 0) is 11.2 Å². The second-order valence-electron chi connectivity index (χ2n) is 9.58. The summed E-state index contributed by atoms with van der Waals surface area (Å²) in [6, 6.07) is 15.0. The Morgan fingerprint density at radius 2 is 1.97 bits per heavy atom. The van der Waals surface area contributed by atoms with E-state index in [1.165, 1.54) is 65.2 Å². The van der Waals surface area contributed by atoms with Crippen LogP contribution >= 0.6 is 11.3 Å². The number of hydrogen-bond donors (Lipinski definition) is 1. The summed E-state index contributed by atoms with van der Waals surface area (Å²) < 4.78 is 7.50. The molecule has 1 aliphatic carbocycles. The van der Waals surface area contributed by atoms with Crippen molar-refractivity contribution >= 4 is 21.4 Å². The molecule has 1 atom stereocenters. The Kier molecular flexibility index (Phi) is 11.0. The highest BCUT2D eigenvalue weighted by Gasteiger charge is 2.15. The Morgan fingerprint density at radius 3 is 2.73 bits per heavy atom. The quantitative estimate of drug-likeness (QED) is 0.308. The lowest BCUT2D eigenvalue weighted by molar-refractivity contribution is 0.215. The molecule has 0 radical (unpaired) electrons. The third-order valence-electron chi connectivity index (χ3n) is 6.76. The van der Waals surface area contributed by atoms with Gasteiger partial charge in [0.1, 0.15) is 5.76 Å². The van der Waals surface area contributed by atoms with Crippen LogP contribution in [-0.4, -0.2) is 49.2 Å². The van der Waals surface area contributed by atoms with Crippen molar-refractivity contribution in [3.05, 3.63) is 101 Å². The number of fused-ring (bicyclic) bond motifs is 1. The predicted molar refractivity (Wildman–Crippen MR) is 158 cm³/mol. The molecule has 0 amide bonds. The van der Waals surface area contributed by atoms with Crippen LogP contribution in [0.2, 0.25) is 0 Å². The standard InChI is InChI=1S/C25H25NOS.C7H16N2/c1-2-20-16-21(25-17-22-10-3-4-13-24(22)28-25)11-5-12-23(20)27-15-7-9-19-8-6-14-26-18-19;1-2-5-9-6-3-8-4-7-9/h3-6,8,10-14,16-18,21H,2,7,9,15H2,1H3;8H,2-7H2,1H3. The maximum absolute atomic E-state index is 6.16. The lowest BCUT2D eigenvalue weighted by Gasteiger charge is -2.26. The molecule has 1 N–H and O–H groups in total. The molecular weight excluding hydrogens is 474 g/mol. The molecular formula is C32H41N3OS. The summed E-state index contributed by atoms with van der Waals surface area (Å²) in [5.74, 6) is 1.31. The SMILES string of the molecule is CCC1=CC(c2cc3ccccc3s2)C=CC=C1OCCCc1cccnc1.CCCN1CCNCC1. The van der Waals surface area contributed by atoms with Gasteiger partial charge in [0.05, 0.1) is 6.61 Å². The zero-order valence-electron chi connectivity index (χ0n) is 22.4. The average Bonchev–Trinajstić information content (AvgIpc) is 3.27. The summed E-state index contributed by atoms with van der Waals surface area (Å²) in [5, 5.41) is 4.66. The van der Waals surface area contributed by atoms with E-state index in [9.17, 15) is 0 Å². The molecule has 3 heterocycles. The number of piperazine rings is 1. The zero-order chi connectivity index (χ0) is 25.7. The van der Waals surface area contributed by atoms with E-state index in [2.05, 4.69) is 89.8 Å². The third-order valence-corrected chi connectivity index (χ3v) is 7.97. The van der Waals surface area contributed by atoms with Crippen molar-refractivity contribution in [2.75, 3.05) is 39.3 Å². The summed E-state index contributed by atoms with van der Waals surface area (Å²) in [7, 11) is 0. The van der Waals surface area contributed by atoms with Crippen LogP contribution in [0.5, 0.6) is 0 Å². The van der Waals surface area contributed by atoms with Crippen LogP contribution in [0, 0.1) is 0 Å². The molecule has 0 bridgehead atoms. The number of pyridine rings is 1. The number of rotatable bonds is 9.